The van der Waals surface area contributed by atoms with E-state index in [-0.39, 0.29) is 13.0 Å². The smallest absolute Gasteiger partial charge is 0.472 e. The van der Waals surface area contributed by atoms with Gasteiger partial charge in [0.25, 0.3) is 0 Å². The molecule has 316 valence electrons. The Morgan fingerprint density at radius 2 is 0.868 bits per heavy atom. The number of carboxylic acid groups (broad SMARTS) is 1. The van der Waals surface area contributed by atoms with Gasteiger partial charge in [-0.05, 0) is 12.8 Å². The quantitative estimate of drug-likeness (QED) is 0.0309. The van der Waals surface area contributed by atoms with Crippen LogP contribution in [0.15, 0.2) is 0 Å². The van der Waals surface area contributed by atoms with E-state index in [9.17, 15) is 19.0 Å². The molecule has 0 heterocycles. The van der Waals surface area contributed by atoms with Gasteiger partial charge in [-0.25, -0.2) is 4.57 Å². The summed E-state index contributed by atoms with van der Waals surface area (Å²) in [6.45, 7) is 3.93. The number of carbonyl (C=O) groups is 2. The third kappa shape index (κ3) is 39.0. The van der Waals surface area contributed by atoms with Crippen molar-refractivity contribution in [3.05, 3.63) is 0 Å². The van der Waals surface area contributed by atoms with E-state index in [1.165, 1.54) is 161 Å². The summed E-state index contributed by atoms with van der Waals surface area (Å²) in [5.41, 5.74) is 5.35. The Labute approximate surface area is 325 Å². The standard InChI is InChI=1S/C42H84NO9P/c1-3-5-7-9-11-13-15-17-19-21-23-25-27-29-31-33-35-49-36-39(37-50-53(47,48)51-38-40(43)42(45)46)52-41(44)34-32-30-28-26-24-22-20-18-16-14-12-10-8-6-4-2/h39-40H,3-38,43H2,1-2H3,(H,45,46)(H,47,48). The van der Waals surface area contributed by atoms with Crippen molar-refractivity contribution < 1.29 is 42.7 Å². The molecule has 10 nitrogen and oxygen atoms in total. The average Bonchev–Trinajstić information content (AvgIpc) is 3.13. The number of aliphatic carboxylic acids is 1. The van der Waals surface area contributed by atoms with E-state index >= 15 is 0 Å². The lowest BCUT2D eigenvalue weighted by molar-refractivity contribution is -0.154. The number of ether oxygens (including phenoxy) is 2. The van der Waals surface area contributed by atoms with Gasteiger partial charge in [0.1, 0.15) is 12.1 Å². The molecule has 3 atom stereocenters. The van der Waals surface area contributed by atoms with Crippen LogP contribution >= 0.6 is 7.82 Å². The SMILES string of the molecule is CCCCCCCCCCCCCCCCCCOCC(COP(=O)(O)OCC(N)C(=O)O)OC(=O)CCCCCCCCCCCCCCCCC. The van der Waals surface area contributed by atoms with Crippen LogP contribution in [-0.4, -0.2) is 60.5 Å². The molecule has 0 amide bonds. The van der Waals surface area contributed by atoms with Gasteiger partial charge in [-0.2, -0.15) is 0 Å². The van der Waals surface area contributed by atoms with Gasteiger partial charge in [0, 0.05) is 13.0 Å². The maximum absolute atomic E-state index is 12.6. The molecule has 0 bridgehead atoms. The molecule has 4 N–H and O–H groups in total. The van der Waals surface area contributed by atoms with Crippen molar-refractivity contribution in [2.24, 2.45) is 5.73 Å². The van der Waals surface area contributed by atoms with Crippen LogP contribution in [0.3, 0.4) is 0 Å². The van der Waals surface area contributed by atoms with E-state index in [1.54, 1.807) is 0 Å². The van der Waals surface area contributed by atoms with Gasteiger partial charge in [0.2, 0.25) is 0 Å². The third-order valence-corrected chi connectivity index (χ3v) is 10.8. The first-order valence-corrected chi connectivity index (χ1v) is 23.6. The van der Waals surface area contributed by atoms with Crippen LogP contribution in [0.4, 0.5) is 0 Å². The first-order chi connectivity index (χ1) is 25.7. The van der Waals surface area contributed by atoms with Gasteiger partial charge in [0.05, 0.1) is 19.8 Å². The number of hydrogen-bond acceptors (Lipinski definition) is 8. The normalized spacial score (nSPS) is 13.9. The lowest BCUT2D eigenvalue weighted by Crippen LogP contribution is -2.34. The first kappa shape index (κ1) is 52.0. The fourth-order valence-corrected chi connectivity index (χ4v) is 7.21. The number of phosphoric acid groups is 1. The molecule has 0 aliphatic rings. The van der Waals surface area contributed by atoms with Crippen molar-refractivity contribution in [3.8, 4) is 0 Å². The van der Waals surface area contributed by atoms with E-state index in [1.807, 2.05) is 0 Å². The second-order valence-electron chi connectivity index (χ2n) is 15.2. The van der Waals surface area contributed by atoms with E-state index in [4.69, 9.17) is 29.4 Å². The Morgan fingerprint density at radius 1 is 0.528 bits per heavy atom. The molecule has 0 saturated heterocycles. The van der Waals surface area contributed by atoms with Crippen LogP contribution in [0.5, 0.6) is 0 Å². The maximum Gasteiger partial charge on any atom is 0.472 e. The van der Waals surface area contributed by atoms with Crippen LogP contribution in [-0.2, 0) is 32.7 Å². The molecule has 0 aromatic rings. The van der Waals surface area contributed by atoms with Crippen molar-refractivity contribution in [2.45, 2.75) is 231 Å². The van der Waals surface area contributed by atoms with Crippen molar-refractivity contribution in [1.82, 2.24) is 0 Å². The predicted octanol–water partition coefficient (Wildman–Crippen LogP) is 12.0. The largest absolute Gasteiger partial charge is 0.480 e. The van der Waals surface area contributed by atoms with Gasteiger partial charge in [-0.3, -0.25) is 18.6 Å². The summed E-state index contributed by atoms with van der Waals surface area (Å²) in [5, 5.41) is 8.89. The topological polar surface area (TPSA) is 155 Å². The van der Waals surface area contributed by atoms with E-state index in [0.29, 0.717) is 6.61 Å². The van der Waals surface area contributed by atoms with Gasteiger partial charge in [0.15, 0.2) is 0 Å². The number of carboxylic acids is 1. The van der Waals surface area contributed by atoms with Crippen LogP contribution in [0.1, 0.15) is 219 Å². The minimum Gasteiger partial charge on any atom is -0.480 e. The average molecular weight is 778 g/mol. The van der Waals surface area contributed by atoms with Crippen molar-refractivity contribution in [1.29, 1.82) is 0 Å². The highest BCUT2D eigenvalue weighted by Crippen LogP contribution is 2.43. The summed E-state index contributed by atoms with van der Waals surface area (Å²) in [6, 6.07) is -1.47. The Morgan fingerprint density at radius 3 is 1.25 bits per heavy atom. The number of rotatable bonds is 43. The Kier molecular flexibility index (Phi) is 38.5. The summed E-state index contributed by atoms with van der Waals surface area (Å²) in [4.78, 5) is 33.5. The van der Waals surface area contributed by atoms with Gasteiger partial charge in [-0.15, -0.1) is 0 Å². The molecule has 11 heteroatoms. The lowest BCUT2D eigenvalue weighted by atomic mass is 10.0. The monoisotopic (exact) mass is 778 g/mol. The minimum atomic E-state index is -4.61. The third-order valence-electron chi connectivity index (χ3n) is 9.89. The second-order valence-corrected chi connectivity index (χ2v) is 16.6. The zero-order valence-corrected chi connectivity index (χ0v) is 35.3. The highest BCUT2D eigenvalue weighted by atomic mass is 31.2. The van der Waals surface area contributed by atoms with Crippen molar-refractivity contribution >= 4 is 19.8 Å². The van der Waals surface area contributed by atoms with Gasteiger partial charge in [-0.1, -0.05) is 200 Å². The molecule has 53 heavy (non-hydrogen) atoms. The van der Waals surface area contributed by atoms with Crippen LogP contribution < -0.4 is 5.73 Å². The van der Waals surface area contributed by atoms with Gasteiger partial charge < -0.3 is 25.2 Å². The fraction of sp³-hybridized carbons (Fsp3) is 0.952. The van der Waals surface area contributed by atoms with Gasteiger partial charge >= 0.3 is 19.8 Å². The first-order valence-electron chi connectivity index (χ1n) is 22.1. The Hall–Kier alpha value is -1.03. The molecular formula is C42H84NO9P. The molecule has 0 spiro atoms. The summed E-state index contributed by atoms with van der Waals surface area (Å²) in [7, 11) is -4.61. The van der Waals surface area contributed by atoms with Crippen LogP contribution in [0.25, 0.3) is 0 Å². The number of hydrogen-bond donors (Lipinski definition) is 3. The lowest BCUT2D eigenvalue weighted by Gasteiger charge is -2.20. The molecule has 3 unspecified atom stereocenters. The zero-order chi connectivity index (χ0) is 39.1. The van der Waals surface area contributed by atoms with Crippen molar-refractivity contribution in [3.63, 3.8) is 0 Å². The molecule has 0 aliphatic heterocycles. The predicted molar refractivity (Wildman–Crippen MR) is 217 cm³/mol. The highest BCUT2D eigenvalue weighted by molar-refractivity contribution is 7.47. The number of esters is 1. The Balaban J connectivity index is 4.18. The molecule has 0 aromatic heterocycles. The summed E-state index contributed by atoms with van der Waals surface area (Å²) >= 11 is 0. The van der Waals surface area contributed by atoms with E-state index < -0.39 is 45.1 Å². The Bertz CT molecular complexity index is 862. The molecule has 0 saturated carbocycles. The maximum atomic E-state index is 12.6. The number of phosphoric ester groups is 1. The number of nitrogens with two attached hydrogens (primary N) is 1. The molecule has 0 rings (SSSR count). The second kappa shape index (κ2) is 39.2. The minimum absolute atomic E-state index is 0.0258. The molecule has 0 aromatic carbocycles. The summed E-state index contributed by atoms with van der Waals surface area (Å²) in [5.74, 6) is -1.76. The molecule has 0 fully saturated rings. The zero-order valence-electron chi connectivity index (χ0n) is 34.4. The van der Waals surface area contributed by atoms with Crippen LogP contribution in [0, 0.1) is 0 Å². The number of carbonyl (C=O) groups excluding carboxylic acids is 1. The van der Waals surface area contributed by atoms with Crippen LogP contribution in [0.2, 0.25) is 0 Å². The molecular weight excluding hydrogens is 693 g/mol. The molecule has 0 aliphatic carbocycles. The van der Waals surface area contributed by atoms with E-state index in [2.05, 4.69) is 13.8 Å². The highest BCUT2D eigenvalue weighted by Gasteiger charge is 2.27. The molecule has 0 radical (unpaired) electrons. The fourth-order valence-electron chi connectivity index (χ4n) is 6.43. The summed E-state index contributed by atoms with van der Waals surface area (Å²) < 4.78 is 33.4. The van der Waals surface area contributed by atoms with Crippen molar-refractivity contribution in [2.75, 3.05) is 26.4 Å². The number of unbranched alkanes of at least 4 members (excludes halogenated alkanes) is 29. The van der Waals surface area contributed by atoms with E-state index in [0.717, 1.165) is 38.5 Å². The summed E-state index contributed by atoms with van der Waals surface area (Å²) in [6.07, 6.45) is 38.6.